The second-order valence-corrected chi connectivity index (χ2v) is 5.13. The fraction of sp³-hybridized carbons (Fsp3) is 0.900. The molecule has 0 aliphatic rings. The Morgan fingerprint density at radius 3 is 2.69 bits per heavy atom. The third kappa shape index (κ3) is 10.1. The monoisotopic (exact) mass is 251 g/mol. The fourth-order valence-electron chi connectivity index (χ4n) is 1.04. The number of methoxy groups -OCH3 is 1. The minimum atomic E-state index is -0.808. The summed E-state index contributed by atoms with van der Waals surface area (Å²) in [5.41, 5.74) is 0. The molecule has 0 bridgehead atoms. The van der Waals surface area contributed by atoms with Crippen molar-refractivity contribution in [1.82, 2.24) is 5.32 Å². The highest BCUT2D eigenvalue weighted by atomic mass is 32.2. The van der Waals surface area contributed by atoms with Gasteiger partial charge in [-0.3, -0.25) is 9.00 Å². The molecule has 0 rings (SSSR count). The highest BCUT2D eigenvalue weighted by Gasteiger charge is 2.07. The molecule has 5 nitrogen and oxygen atoms in total. The molecule has 0 saturated heterocycles. The lowest BCUT2D eigenvalue weighted by atomic mass is 10.2. The molecular formula is C10H21NO4S. The van der Waals surface area contributed by atoms with E-state index in [9.17, 15) is 9.00 Å². The number of rotatable bonds is 9. The van der Waals surface area contributed by atoms with Crippen LogP contribution in [0.5, 0.6) is 0 Å². The van der Waals surface area contributed by atoms with Gasteiger partial charge in [-0.1, -0.05) is 0 Å². The van der Waals surface area contributed by atoms with Crippen molar-refractivity contribution >= 4 is 16.7 Å². The zero-order valence-electron chi connectivity index (χ0n) is 10.2. The number of hydrogen-bond acceptors (Lipinski definition) is 4. The summed E-state index contributed by atoms with van der Waals surface area (Å²) >= 11 is 0. The molecule has 0 heterocycles. The van der Waals surface area contributed by atoms with Gasteiger partial charge in [0.2, 0.25) is 5.91 Å². The number of carbonyl (C=O) groups excluding carboxylic acids is 1. The Hall–Kier alpha value is -0.460. The molecule has 0 aliphatic heterocycles. The Morgan fingerprint density at radius 1 is 1.44 bits per heavy atom. The van der Waals surface area contributed by atoms with Gasteiger partial charge < -0.3 is 14.8 Å². The van der Waals surface area contributed by atoms with E-state index in [2.05, 4.69) is 5.32 Å². The summed E-state index contributed by atoms with van der Waals surface area (Å²) in [5.74, 6) is 0.455. The van der Waals surface area contributed by atoms with Crippen LogP contribution in [0.15, 0.2) is 0 Å². The average Bonchev–Trinajstić information content (AvgIpc) is 2.21. The maximum atomic E-state index is 11.3. The number of hydrogen-bond donors (Lipinski definition) is 1. The van der Waals surface area contributed by atoms with E-state index in [1.165, 1.54) is 0 Å². The highest BCUT2D eigenvalue weighted by Crippen LogP contribution is 1.92. The molecule has 0 fully saturated rings. The van der Waals surface area contributed by atoms with Crippen molar-refractivity contribution in [1.29, 1.82) is 0 Å². The molecule has 1 N–H and O–H groups in total. The van der Waals surface area contributed by atoms with Gasteiger partial charge >= 0.3 is 0 Å². The summed E-state index contributed by atoms with van der Waals surface area (Å²) < 4.78 is 20.7. The van der Waals surface area contributed by atoms with Crippen molar-refractivity contribution in [2.75, 3.05) is 38.9 Å². The fourth-order valence-corrected chi connectivity index (χ4v) is 1.72. The summed E-state index contributed by atoms with van der Waals surface area (Å²) in [4.78, 5) is 11.3. The Labute approximate surface area is 99.3 Å². The molecule has 16 heavy (non-hydrogen) atoms. The number of nitrogens with one attached hydrogen (secondary N) is 1. The largest absolute Gasteiger partial charge is 0.382 e. The van der Waals surface area contributed by atoms with Crippen molar-refractivity contribution in [2.45, 2.75) is 19.4 Å². The first-order valence-corrected chi connectivity index (χ1v) is 6.95. The minimum Gasteiger partial charge on any atom is -0.382 e. The van der Waals surface area contributed by atoms with Gasteiger partial charge in [0.05, 0.1) is 13.2 Å². The first-order valence-electron chi connectivity index (χ1n) is 5.22. The molecule has 96 valence electrons. The second-order valence-electron chi connectivity index (χ2n) is 3.58. The molecule has 2 atom stereocenters. The summed E-state index contributed by atoms with van der Waals surface area (Å²) in [7, 11) is 0.772. The van der Waals surface area contributed by atoms with Gasteiger partial charge in [-0.15, -0.1) is 0 Å². The molecule has 0 spiro atoms. The molecule has 1 amide bonds. The number of ether oxygens (including phenoxy) is 2. The first-order chi connectivity index (χ1) is 7.56. The molecule has 0 aromatic rings. The molecule has 2 unspecified atom stereocenters. The number of amides is 1. The lowest BCUT2D eigenvalue weighted by molar-refractivity contribution is -0.126. The van der Waals surface area contributed by atoms with E-state index in [1.807, 2.05) is 6.92 Å². The Bertz CT molecular complexity index is 223. The lowest BCUT2D eigenvalue weighted by Gasteiger charge is -2.13. The van der Waals surface area contributed by atoms with Crippen LogP contribution in [0.2, 0.25) is 0 Å². The van der Waals surface area contributed by atoms with Crippen LogP contribution in [-0.2, 0) is 25.1 Å². The van der Waals surface area contributed by atoms with E-state index >= 15 is 0 Å². The highest BCUT2D eigenvalue weighted by molar-refractivity contribution is 7.84. The van der Waals surface area contributed by atoms with Crippen LogP contribution in [0, 0.1) is 0 Å². The molecule has 0 aliphatic carbocycles. The van der Waals surface area contributed by atoms with Crippen LogP contribution in [0.4, 0.5) is 0 Å². The van der Waals surface area contributed by atoms with Crippen LogP contribution in [-0.4, -0.2) is 55.1 Å². The van der Waals surface area contributed by atoms with Gasteiger partial charge in [-0.05, 0) is 13.3 Å². The van der Waals surface area contributed by atoms with Crippen molar-refractivity contribution in [2.24, 2.45) is 0 Å². The van der Waals surface area contributed by atoms with Crippen molar-refractivity contribution in [3.8, 4) is 0 Å². The molecule has 0 radical (unpaired) electrons. The van der Waals surface area contributed by atoms with E-state index in [1.54, 1.807) is 13.4 Å². The predicted octanol–water partition coefficient (Wildman–Crippen LogP) is -0.0773. The molecule has 6 heteroatoms. The van der Waals surface area contributed by atoms with Gasteiger partial charge in [0.25, 0.3) is 0 Å². The number of carbonyl (C=O) groups is 1. The minimum absolute atomic E-state index is 0.0300. The third-order valence-corrected chi connectivity index (χ3v) is 2.72. The third-order valence-electron chi connectivity index (χ3n) is 1.91. The van der Waals surface area contributed by atoms with Gasteiger partial charge in [0.1, 0.15) is 6.61 Å². The lowest BCUT2D eigenvalue weighted by Crippen LogP contribution is -2.36. The van der Waals surface area contributed by atoms with E-state index in [-0.39, 0.29) is 18.6 Å². The standard InChI is InChI=1S/C10H21NO4S/c1-9(4-7-16(3)13)11-10(12)8-15-6-5-14-2/h9H,4-8H2,1-3H3,(H,11,12). The van der Waals surface area contributed by atoms with E-state index in [4.69, 9.17) is 9.47 Å². The van der Waals surface area contributed by atoms with Crippen LogP contribution in [0.3, 0.4) is 0 Å². The molecule has 0 aromatic heterocycles. The summed E-state index contributed by atoms with van der Waals surface area (Å²) in [5, 5.41) is 2.77. The zero-order chi connectivity index (χ0) is 12.4. The first kappa shape index (κ1) is 15.5. The Kier molecular flexibility index (Phi) is 9.46. The zero-order valence-corrected chi connectivity index (χ0v) is 11.0. The van der Waals surface area contributed by atoms with Crippen LogP contribution in [0.25, 0.3) is 0 Å². The van der Waals surface area contributed by atoms with Gasteiger partial charge in [-0.2, -0.15) is 0 Å². The maximum absolute atomic E-state index is 11.3. The van der Waals surface area contributed by atoms with Gasteiger partial charge in [-0.25, -0.2) is 0 Å². The van der Waals surface area contributed by atoms with Crippen molar-refractivity contribution in [3.63, 3.8) is 0 Å². The molecular weight excluding hydrogens is 230 g/mol. The normalized spacial score (nSPS) is 14.4. The quantitative estimate of drug-likeness (QED) is 0.582. The topological polar surface area (TPSA) is 64.6 Å². The summed E-state index contributed by atoms with van der Waals surface area (Å²) in [6.45, 7) is 2.83. The second kappa shape index (κ2) is 9.74. The summed E-state index contributed by atoms with van der Waals surface area (Å²) in [6, 6.07) is 0.0300. The van der Waals surface area contributed by atoms with Gasteiger partial charge in [0.15, 0.2) is 0 Å². The van der Waals surface area contributed by atoms with E-state index in [0.717, 1.165) is 0 Å². The maximum Gasteiger partial charge on any atom is 0.246 e. The van der Waals surface area contributed by atoms with E-state index < -0.39 is 10.8 Å². The Balaban J connectivity index is 3.50. The average molecular weight is 251 g/mol. The Morgan fingerprint density at radius 2 is 2.12 bits per heavy atom. The molecule has 0 aromatic carbocycles. The van der Waals surface area contributed by atoms with Gasteiger partial charge in [0, 0.05) is 36.0 Å². The van der Waals surface area contributed by atoms with Crippen molar-refractivity contribution < 1.29 is 18.5 Å². The van der Waals surface area contributed by atoms with E-state index in [0.29, 0.717) is 25.4 Å². The van der Waals surface area contributed by atoms with Crippen molar-refractivity contribution in [3.05, 3.63) is 0 Å². The van der Waals surface area contributed by atoms with Crippen LogP contribution in [0.1, 0.15) is 13.3 Å². The van der Waals surface area contributed by atoms with Crippen LogP contribution < -0.4 is 5.32 Å². The predicted molar refractivity (Wildman–Crippen MR) is 63.9 cm³/mol. The van der Waals surface area contributed by atoms with Crippen LogP contribution >= 0.6 is 0 Å². The smallest absolute Gasteiger partial charge is 0.246 e. The summed E-state index contributed by atoms with van der Waals surface area (Å²) in [6.07, 6.45) is 2.37. The SMILES string of the molecule is COCCOCC(=O)NC(C)CCS(C)=O. The molecule has 0 saturated carbocycles.